The van der Waals surface area contributed by atoms with Crippen molar-refractivity contribution in [2.45, 2.75) is 18.9 Å². The third kappa shape index (κ3) is 1.74. The monoisotopic (exact) mass is 195 g/mol. The lowest BCUT2D eigenvalue weighted by molar-refractivity contribution is 0.0990. The first-order valence-electron chi connectivity index (χ1n) is 4.69. The van der Waals surface area contributed by atoms with Crippen molar-refractivity contribution in [1.82, 2.24) is 20.1 Å². The number of nitrogens with one attached hydrogen (secondary N) is 1. The van der Waals surface area contributed by atoms with E-state index < -0.39 is 5.91 Å². The highest BCUT2D eigenvalue weighted by atomic mass is 16.1. The van der Waals surface area contributed by atoms with Gasteiger partial charge in [-0.15, -0.1) is 5.10 Å². The maximum absolute atomic E-state index is 10.8. The molecule has 2 rings (SSSR count). The van der Waals surface area contributed by atoms with Gasteiger partial charge in [0.05, 0.1) is 6.04 Å². The Balaban J connectivity index is 2.11. The van der Waals surface area contributed by atoms with E-state index in [2.05, 4.69) is 15.4 Å². The summed E-state index contributed by atoms with van der Waals surface area (Å²) in [6, 6.07) is 0.296. The van der Waals surface area contributed by atoms with E-state index in [4.69, 9.17) is 5.73 Å². The molecule has 1 atom stereocenters. The number of rotatable bonds is 2. The Morgan fingerprint density at radius 1 is 1.71 bits per heavy atom. The van der Waals surface area contributed by atoms with Gasteiger partial charge in [0.1, 0.15) is 6.33 Å². The van der Waals surface area contributed by atoms with Crippen LogP contribution >= 0.6 is 0 Å². The van der Waals surface area contributed by atoms with E-state index in [0.29, 0.717) is 6.04 Å². The van der Waals surface area contributed by atoms with Gasteiger partial charge in [0, 0.05) is 6.54 Å². The van der Waals surface area contributed by atoms with Crippen molar-refractivity contribution in [1.29, 1.82) is 0 Å². The van der Waals surface area contributed by atoms with Crippen LogP contribution in [0.5, 0.6) is 0 Å². The Labute approximate surface area is 81.5 Å². The number of piperidine rings is 1. The second-order valence-electron chi connectivity index (χ2n) is 3.41. The van der Waals surface area contributed by atoms with Gasteiger partial charge >= 0.3 is 0 Å². The van der Waals surface area contributed by atoms with Crippen LogP contribution in [0.1, 0.15) is 29.5 Å². The number of carbonyl (C=O) groups excluding carboxylic acids is 1. The number of nitrogens with zero attached hydrogens (tertiary/aromatic N) is 3. The number of hydrogen-bond acceptors (Lipinski definition) is 4. The van der Waals surface area contributed by atoms with E-state index in [1.165, 1.54) is 0 Å². The summed E-state index contributed by atoms with van der Waals surface area (Å²) in [5.41, 5.74) is 5.06. The molecule has 1 aliphatic heterocycles. The van der Waals surface area contributed by atoms with Crippen molar-refractivity contribution in [2.24, 2.45) is 5.73 Å². The molecular weight excluding hydrogens is 182 g/mol. The Bertz CT molecular complexity index is 328. The Kier molecular flexibility index (Phi) is 2.45. The Morgan fingerprint density at radius 3 is 3.14 bits per heavy atom. The minimum absolute atomic E-state index is 0.0931. The normalized spacial score (nSPS) is 22.1. The predicted octanol–water partition coefficient (Wildman–Crippen LogP) is -0.699. The third-order valence-corrected chi connectivity index (χ3v) is 2.37. The van der Waals surface area contributed by atoms with Crippen LogP contribution in [-0.2, 0) is 0 Å². The summed E-state index contributed by atoms with van der Waals surface area (Å²) in [6.07, 6.45) is 3.75. The molecule has 1 saturated heterocycles. The van der Waals surface area contributed by atoms with Crippen molar-refractivity contribution < 1.29 is 4.79 Å². The molecule has 14 heavy (non-hydrogen) atoms. The largest absolute Gasteiger partial charge is 0.363 e. The molecule has 6 nitrogen and oxygen atoms in total. The van der Waals surface area contributed by atoms with Gasteiger partial charge < -0.3 is 11.1 Å². The molecule has 1 aromatic heterocycles. The molecule has 2 heterocycles. The fourth-order valence-electron chi connectivity index (χ4n) is 1.62. The first kappa shape index (κ1) is 9.14. The average molecular weight is 195 g/mol. The SMILES string of the molecule is NC(=O)c1ncn([C@@H]2CCCNC2)n1. The molecule has 0 radical (unpaired) electrons. The van der Waals surface area contributed by atoms with Crippen molar-refractivity contribution in [3.05, 3.63) is 12.2 Å². The summed E-state index contributed by atoms with van der Waals surface area (Å²) in [5.74, 6) is -0.483. The number of nitrogens with two attached hydrogens (primary N) is 1. The zero-order valence-corrected chi connectivity index (χ0v) is 7.81. The first-order chi connectivity index (χ1) is 6.77. The van der Waals surface area contributed by atoms with Crippen molar-refractivity contribution in [3.63, 3.8) is 0 Å². The molecule has 76 valence electrons. The van der Waals surface area contributed by atoms with Crippen molar-refractivity contribution in [2.75, 3.05) is 13.1 Å². The van der Waals surface area contributed by atoms with Crippen LogP contribution in [0.2, 0.25) is 0 Å². The van der Waals surface area contributed by atoms with Gasteiger partial charge in [-0.1, -0.05) is 0 Å². The summed E-state index contributed by atoms with van der Waals surface area (Å²) < 4.78 is 1.71. The molecule has 1 aliphatic rings. The van der Waals surface area contributed by atoms with Crippen LogP contribution in [-0.4, -0.2) is 33.8 Å². The minimum atomic E-state index is -0.576. The van der Waals surface area contributed by atoms with Crippen molar-refractivity contribution in [3.8, 4) is 0 Å². The molecule has 0 bridgehead atoms. The molecule has 0 saturated carbocycles. The Hall–Kier alpha value is -1.43. The maximum atomic E-state index is 10.8. The molecule has 1 fully saturated rings. The van der Waals surface area contributed by atoms with E-state index in [9.17, 15) is 4.79 Å². The zero-order valence-electron chi connectivity index (χ0n) is 7.81. The molecular formula is C8H13N5O. The standard InChI is InChI=1S/C8H13N5O/c9-7(14)8-11-5-13(12-8)6-2-1-3-10-4-6/h5-6,10H,1-4H2,(H2,9,14)/t6-/m1/s1. The van der Waals surface area contributed by atoms with Gasteiger partial charge in [0.15, 0.2) is 0 Å². The smallest absolute Gasteiger partial charge is 0.288 e. The molecule has 0 aromatic carbocycles. The zero-order chi connectivity index (χ0) is 9.97. The predicted molar refractivity (Wildman–Crippen MR) is 49.7 cm³/mol. The fourth-order valence-corrected chi connectivity index (χ4v) is 1.62. The topological polar surface area (TPSA) is 85.8 Å². The average Bonchev–Trinajstić information content (AvgIpc) is 2.68. The van der Waals surface area contributed by atoms with Crippen LogP contribution in [0.15, 0.2) is 6.33 Å². The minimum Gasteiger partial charge on any atom is -0.363 e. The van der Waals surface area contributed by atoms with E-state index in [1.54, 1.807) is 11.0 Å². The third-order valence-electron chi connectivity index (χ3n) is 2.37. The van der Waals surface area contributed by atoms with E-state index in [1.807, 2.05) is 0 Å². The molecule has 0 spiro atoms. The van der Waals surface area contributed by atoms with E-state index in [-0.39, 0.29) is 5.82 Å². The summed E-state index contributed by atoms with van der Waals surface area (Å²) in [5, 5.41) is 7.29. The number of amides is 1. The maximum Gasteiger partial charge on any atom is 0.288 e. The number of hydrogen-bond donors (Lipinski definition) is 2. The molecule has 6 heteroatoms. The van der Waals surface area contributed by atoms with Crippen molar-refractivity contribution >= 4 is 5.91 Å². The highest BCUT2D eigenvalue weighted by molar-refractivity contribution is 5.88. The number of primary amides is 1. The van der Waals surface area contributed by atoms with Crippen LogP contribution in [0.25, 0.3) is 0 Å². The van der Waals surface area contributed by atoms with Crippen LogP contribution in [0.4, 0.5) is 0 Å². The van der Waals surface area contributed by atoms with Gasteiger partial charge in [-0.3, -0.25) is 4.79 Å². The van der Waals surface area contributed by atoms with E-state index in [0.717, 1.165) is 25.9 Å². The first-order valence-corrected chi connectivity index (χ1v) is 4.69. The highest BCUT2D eigenvalue weighted by Gasteiger charge is 2.17. The second kappa shape index (κ2) is 3.75. The molecule has 1 aromatic rings. The number of aromatic nitrogens is 3. The highest BCUT2D eigenvalue weighted by Crippen LogP contribution is 2.14. The fraction of sp³-hybridized carbons (Fsp3) is 0.625. The van der Waals surface area contributed by atoms with Crippen LogP contribution in [0.3, 0.4) is 0 Å². The van der Waals surface area contributed by atoms with Gasteiger partial charge in [0.25, 0.3) is 5.91 Å². The molecule has 0 unspecified atom stereocenters. The lowest BCUT2D eigenvalue weighted by Crippen LogP contribution is -2.32. The van der Waals surface area contributed by atoms with Gasteiger partial charge in [0.2, 0.25) is 5.82 Å². The quantitative estimate of drug-likeness (QED) is 0.653. The van der Waals surface area contributed by atoms with Gasteiger partial charge in [-0.05, 0) is 19.4 Å². The number of carbonyl (C=O) groups is 1. The van der Waals surface area contributed by atoms with Gasteiger partial charge in [-0.25, -0.2) is 9.67 Å². The summed E-state index contributed by atoms with van der Waals surface area (Å²) in [4.78, 5) is 14.6. The lowest BCUT2D eigenvalue weighted by Gasteiger charge is -2.22. The Morgan fingerprint density at radius 2 is 2.57 bits per heavy atom. The van der Waals surface area contributed by atoms with Crippen LogP contribution < -0.4 is 11.1 Å². The van der Waals surface area contributed by atoms with E-state index >= 15 is 0 Å². The molecule has 0 aliphatic carbocycles. The summed E-state index contributed by atoms with van der Waals surface area (Å²) in [7, 11) is 0. The van der Waals surface area contributed by atoms with Crippen LogP contribution in [0, 0.1) is 0 Å². The lowest BCUT2D eigenvalue weighted by atomic mass is 10.1. The molecule has 1 amide bonds. The second-order valence-corrected chi connectivity index (χ2v) is 3.41. The summed E-state index contributed by atoms with van der Waals surface area (Å²) in [6.45, 7) is 1.93. The molecule has 3 N–H and O–H groups in total. The summed E-state index contributed by atoms with van der Waals surface area (Å²) >= 11 is 0. The van der Waals surface area contributed by atoms with Gasteiger partial charge in [-0.2, -0.15) is 0 Å².